The molecule has 1 aliphatic heterocycles. The molecule has 0 aliphatic carbocycles. The number of ether oxygens (including phenoxy) is 2. The first-order chi connectivity index (χ1) is 11.3. The van der Waals surface area contributed by atoms with Crippen LogP contribution >= 0.6 is 0 Å². The molecule has 23 heavy (non-hydrogen) atoms. The van der Waals surface area contributed by atoms with E-state index in [-0.39, 0.29) is 11.9 Å². The predicted molar refractivity (Wildman–Crippen MR) is 88.8 cm³/mol. The average molecular weight is 311 g/mol. The Labute approximate surface area is 136 Å². The minimum absolute atomic E-state index is 0.0447. The number of carbonyl (C=O) groups excluding carboxylic acids is 1. The first kappa shape index (κ1) is 15.4. The zero-order chi connectivity index (χ0) is 16.1. The molecule has 0 aromatic heterocycles. The van der Waals surface area contributed by atoms with Gasteiger partial charge in [-0.05, 0) is 30.2 Å². The van der Waals surface area contributed by atoms with Crippen molar-refractivity contribution < 1.29 is 14.3 Å². The number of fused-ring (bicyclic) bond motifs is 1. The Bertz CT molecular complexity index is 667. The van der Waals surface area contributed by atoms with Gasteiger partial charge in [-0.3, -0.25) is 4.79 Å². The maximum Gasteiger partial charge on any atom is 0.220 e. The van der Waals surface area contributed by atoms with Gasteiger partial charge in [0.1, 0.15) is 11.5 Å². The molecule has 3 rings (SSSR count). The topological polar surface area (TPSA) is 47.6 Å². The van der Waals surface area contributed by atoms with E-state index >= 15 is 0 Å². The van der Waals surface area contributed by atoms with Gasteiger partial charge in [-0.15, -0.1) is 0 Å². The molecule has 0 saturated carbocycles. The van der Waals surface area contributed by atoms with Gasteiger partial charge in [0.2, 0.25) is 5.91 Å². The number of methoxy groups -OCH3 is 1. The number of hydrogen-bond acceptors (Lipinski definition) is 3. The average Bonchev–Trinajstić information content (AvgIpc) is 2.61. The zero-order valence-corrected chi connectivity index (χ0v) is 13.2. The summed E-state index contributed by atoms with van der Waals surface area (Å²) >= 11 is 0. The largest absolute Gasteiger partial charge is 0.497 e. The van der Waals surface area contributed by atoms with Gasteiger partial charge in [0.25, 0.3) is 0 Å². The molecule has 0 fully saturated rings. The quantitative estimate of drug-likeness (QED) is 0.922. The second-order valence-electron chi connectivity index (χ2n) is 5.64. The monoisotopic (exact) mass is 311 g/mol. The number of rotatable bonds is 5. The van der Waals surface area contributed by atoms with Crippen LogP contribution in [0.3, 0.4) is 0 Å². The van der Waals surface area contributed by atoms with E-state index < -0.39 is 0 Å². The van der Waals surface area contributed by atoms with Crippen molar-refractivity contribution in [2.45, 2.75) is 25.3 Å². The zero-order valence-electron chi connectivity index (χ0n) is 13.2. The summed E-state index contributed by atoms with van der Waals surface area (Å²) in [7, 11) is 1.65. The number of para-hydroxylation sites is 1. The van der Waals surface area contributed by atoms with Crippen LogP contribution in [-0.2, 0) is 11.2 Å². The van der Waals surface area contributed by atoms with Crippen LogP contribution in [0, 0.1) is 0 Å². The fourth-order valence-corrected chi connectivity index (χ4v) is 2.81. The van der Waals surface area contributed by atoms with Gasteiger partial charge < -0.3 is 14.8 Å². The minimum Gasteiger partial charge on any atom is -0.497 e. The molecule has 4 nitrogen and oxygen atoms in total. The van der Waals surface area contributed by atoms with E-state index in [1.165, 1.54) is 0 Å². The molecule has 0 bridgehead atoms. The van der Waals surface area contributed by atoms with Crippen LogP contribution < -0.4 is 14.8 Å². The van der Waals surface area contributed by atoms with Crippen molar-refractivity contribution in [3.63, 3.8) is 0 Å². The molecule has 1 amide bonds. The summed E-state index contributed by atoms with van der Waals surface area (Å²) < 4.78 is 10.8. The van der Waals surface area contributed by atoms with Gasteiger partial charge in [0.05, 0.1) is 19.8 Å². The van der Waals surface area contributed by atoms with Gasteiger partial charge >= 0.3 is 0 Å². The second kappa shape index (κ2) is 7.18. The standard InChI is InChI=1S/C19H21NO3/c1-22-15-9-6-14(7-10-15)8-11-19(21)20-17-12-13-23-18-5-3-2-4-16(17)18/h2-7,9-10,17H,8,11-13H2,1H3,(H,20,21)/t17-/m1/s1. The van der Waals surface area contributed by atoms with E-state index in [9.17, 15) is 4.79 Å². The lowest BCUT2D eigenvalue weighted by Gasteiger charge is -2.26. The van der Waals surface area contributed by atoms with Gasteiger partial charge in [-0.2, -0.15) is 0 Å². The summed E-state index contributed by atoms with van der Waals surface area (Å²) in [5, 5.41) is 3.12. The lowest BCUT2D eigenvalue weighted by atomic mass is 10.00. The first-order valence-corrected chi connectivity index (χ1v) is 7.90. The van der Waals surface area contributed by atoms with E-state index in [0.717, 1.165) is 35.5 Å². The number of nitrogens with one attached hydrogen (secondary N) is 1. The molecule has 0 spiro atoms. The number of amides is 1. The maximum atomic E-state index is 12.2. The molecule has 0 radical (unpaired) electrons. The van der Waals surface area contributed by atoms with Crippen molar-refractivity contribution in [2.75, 3.05) is 13.7 Å². The SMILES string of the molecule is COc1ccc(CCC(=O)N[C@@H]2CCOc3ccccc32)cc1. The van der Waals surface area contributed by atoms with Crippen LogP contribution in [0.15, 0.2) is 48.5 Å². The summed E-state index contributed by atoms with van der Waals surface area (Å²) in [6.45, 7) is 0.639. The van der Waals surface area contributed by atoms with Gasteiger partial charge in [-0.1, -0.05) is 30.3 Å². The molecule has 1 N–H and O–H groups in total. The lowest BCUT2D eigenvalue weighted by Crippen LogP contribution is -2.32. The van der Waals surface area contributed by atoms with Crippen molar-refractivity contribution >= 4 is 5.91 Å². The molecule has 2 aromatic rings. The third kappa shape index (κ3) is 3.83. The Morgan fingerprint density at radius 2 is 2.00 bits per heavy atom. The number of hydrogen-bond donors (Lipinski definition) is 1. The third-order valence-corrected chi connectivity index (χ3v) is 4.09. The molecule has 120 valence electrons. The van der Waals surface area contributed by atoms with Crippen molar-refractivity contribution in [3.8, 4) is 11.5 Å². The summed E-state index contributed by atoms with van der Waals surface area (Å²) in [6.07, 6.45) is 2.01. The Morgan fingerprint density at radius 3 is 2.78 bits per heavy atom. The van der Waals surface area contributed by atoms with Crippen LogP contribution in [0.4, 0.5) is 0 Å². The molecule has 4 heteroatoms. The molecular formula is C19H21NO3. The van der Waals surface area contributed by atoms with Crippen molar-refractivity contribution in [1.29, 1.82) is 0 Å². The summed E-state index contributed by atoms with van der Waals surface area (Å²) in [5.41, 5.74) is 2.20. The van der Waals surface area contributed by atoms with Crippen molar-refractivity contribution in [2.24, 2.45) is 0 Å². The number of aryl methyl sites for hydroxylation is 1. The Kier molecular flexibility index (Phi) is 4.81. The molecular weight excluding hydrogens is 290 g/mol. The van der Waals surface area contributed by atoms with Crippen LogP contribution in [0.25, 0.3) is 0 Å². The Morgan fingerprint density at radius 1 is 1.22 bits per heavy atom. The highest BCUT2D eigenvalue weighted by Gasteiger charge is 2.22. The maximum absolute atomic E-state index is 12.2. The third-order valence-electron chi connectivity index (χ3n) is 4.09. The van der Waals surface area contributed by atoms with E-state index in [1.54, 1.807) is 7.11 Å². The predicted octanol–water partition coefficient (Wildman–Crippen LogP) is 3.27. The summed E-state index contributed by atoms with van der Waals surface area (Å²) in [5.74, 6) is 1.78. The number of benzene rings is 2. The fourth-order valence-electron chi connectivity index (χ4n) is 2.81. The highest BCUT2D eigenvalue weighted by molar-refractivity contribution is 5.77. The summed E-state index contributed by atoms with van der Waals surface area (Å²) in [4.78, 5) is 12.2. The molecule has 0 unspecified atom stereocenters. The highest BCUT2D eigenvalue weighted by Crippen LogP contribution is 2.31. The Balaban J connectivity index is 1.55. The van der Waals surface area contributed by atoms with E-state index in [1.807, 2.05) is 48.5 Å². The van der Waals surface area contributed by atoms with Crippen LogP contribution in [-0.4, -0.2) is 19.6 Å². The van der Waals surface area contributed by atoms with E-state index in [2.05, 4.69) is 5.32 Å². The van der Waals surface area contributed by atoms with E-state index in [0.29, 0.717) is 13.0 Å². The van der Waals surface area contributed by atoms with Crippen LogP contribution in [0.1, 0.15) is 30.0 Å². The molecule has 1 heterocycles. The second-order valence-corrected chi connectivity index (χ2v) is 5.64. The first-order valence-electron chi connectivity index (χ1n) is 7.90. The molecule has 2 aromatic carbocycles. The lowest BCUT2D eigenvalue weighted by molar-refractivity contribution is -0.122. The highest BCUT2D eigenvalue weighted by atomic mass is 16.5. The van der Waals surface area contributed by atoms with E-state index in [4.69, 9.17) is 9.47 Å². The Hall–Kier alpha value is -2.49. The van der Waals surface area contributed by atoms with Gasteiger partial charge in [0, 0.05) is 18.4 Å². The number of carbonyl (C=O) groups is 1. The normalized spacial score (nSPS) is 16.1. The summed E-state index contributed by atoms with van der Waals surface area (Å²) in [6, 6.07) is 15.8. The smallest absolute Gasteiger partial charge is 0.220 e. The molecule has 1 aliphatic rings. The minimum atomic E-state index is 0.0447. The van der Waals surface area contributed by atoms with Crippen LogP contribution in [0.2, 0.25) is 0 Å². The molecule has 1 atom stereocenters. The van der Waals surface area contributed by atoms with Crippen molar-refractivity contribution in [1.82, 2.24) is 5.32 Å². The van der Waals surface area contributed by atoms with Crippen molar-refractivity contribution in [3.05, 3.63) is 59.7 Å². The van der Waals surface area contributed by atoms with Gasteiger partial charge in [0.15, 0.2) is 0 Å². The van der Waals surface area contributed by atoms with Crippen LogP contribution in [0.5, 0.6) is 11.5 Å². The van der Waals surface area contributed by atoms with Gasteiger partial charge in [-0.25, -0.2) is 0 Å². The molecule has 0 saturated heterocycles. The fraction of sp³-hybridized carbons (Fsp3) is 0.316.